The summed E-state index contributed by atoms with van der Waals surface area (Å²) in [7, 11) is 0. The molecule has 102 valence electrons. The fourth-order valence-electron chi connectivity index (χ4n) is 1.39. The fraction of sp³-hybridized carbons (Fsp3) is 0.538. The lowest BCUT2D eigenvalue weighted by molar-refractivity contribution is 0.126. The number of aliphatic hydroxyl groups excluding tert-OH is 2. The van der Waals surface area contributed by atoms with Crippen molar-refractivity contribution in [2.75, 3.05) is 24.7 Å². The van der Waals surface area contributed by atoms with Gasteiger partial charge in [-0.25, -0.2) is 0 Å². The maximum absolute atomic E-state index is 9.77. The second kappa shape index (κ2) is 8.24. The van der Waals surface area contributed by atoms with Gasteiger partial charge < -0.3 is 20.7 Å². The molecule has 1 rings (SSSR count). The molecular formula is C13H21NO3S. The van der Waals surface area contributed by atoms with Gasteiger partial charge in [0.25, 0.3) is 0 Å². The van der Waals surface area contributed by atoms with Gasteiger partial charge in [-0.1, -0.05) is 19.1 Å². The summed E-state index contributed by atoms with van der Waals surface area (Å²) in [6, 6.07) is 7.23. The van der Waals surface area contributed by atoms with E-state index in [1.54, 1.807) is 23.9 Å². The van der Waals surface area contributed by atoms with Crippen molar-refractivity contribution >= 4 is 17.4 Å². The van der Waals surface area contributed by atoms with Crippen molar-refractivity contribution in [2.45, 2.75) is 24.7 Å². The zero-order chi connectivity index (χ0) is 13.4. The molecule has 0 fully saturated rings. The minimum atomic E-state index is -0.532. The summed E-state index contributed by atoms with van der Waals surface area (Å²) in [5.74, 6) is 1.19. The number of thioether (sulfide) groups is 1. The van der Waals surface area contributed by atoms with E-state index in [-0.39, 0.29) is 13.2 Å². The van der Waals surface area contributed by atoms with Gasteiger partial charge in [0.05, 0.1) is 11.8 Å². The first kappa shape index (κ1) is 15.1. The van der Waals surface area contributed by atoms with Crippen LogP contribution in [0.15, 0.2) is 24.3 Å². The van der Waals surface area contributed by atoms with Crippen LogP contribution in [0.3, 0.4) is 0 Å². The summed E-state index contributed by atoms with van der Waals surface area (Å²) in [6.45, 7) is 2.44. The Kier molecular flexibility index (Phi) is 6.93. The Balaban J connectivity index is 2.25. The summed E-state index contributed by atoms with van der Waals surface area (Å²) in [5, 5.41) is 18.9. The fourth-order valence-corrected chi connectivity index (χ4v) is 2.31. The first-order valence-electron chi connectivity index (χ1n) is 6.01. The van der Waals surface area contributed by atoms with Crippen molar-refractivity contribution in [3.63, 3.8) is 0 Å². The Morgan fingerprint density at radius 3 is 2.78 bits per heavy atom. The number of anilines is 1. The van der Waals surface area contributed by atoms with Crippen LogP contribution in [0.2, 0.25) is 0 Å². The van der Waals surface area contributed by atoms with Gasteiger partial charge in [-0.05, 0) is 18.6 Å². The minimum absolute atomic E-state index is 0.182. The Labute approximate surface area is 112 Å². The molecule has 0 aliphatic rings. The van der Waals surface area contributed by atoms with Crippen LogP contribution in [-0.2, 0) is 0 Å². The van der Waals surface area contributed by atoms with Crippen LogP contribution >= 0.6 is 11.8 Å². The molecule has 18 heavy (non-hydrogen) atoms. The highest BCUT2D eigenvalue weighted by Gasteiger charge is 2.09. The maximum atomic E-state index is 9.77. The second-order valence-electron chi connectivity index (χ2n) is 4.16. The van der Waals surface area contributed by atoms with E-state index in [0.717, 1.165) is 6.42 Å². The molecule has 0 spiro atoms. The quantitative estimate of drug-likeness (QED) is 0.625. The van der Waals surface area contributed by atoms with Gasteiger partial charge in [0.2, 0.25) is 0 Å². The third kappa shape index (κ3) is 5.62. The van der Waals surface area contributed by atoms with Crippen molar-refractivity contribution < 1.29 is 14.9 Å². The van der Waals surface area contributed by atoms with E-state index in [1.165, 1.54) is 0 Å². The summed E-state index contributed by atoms with van der Waals surface area (Å²) in [5.41, 5.74) is 6.30. The zero-order valence-corrected chi connectivity index (χ0v) is 11.4. The lowest BCUT2D eigenvalue weighted by Gasteiger charge is -2.15. The van der Waals surface area contributed by atoms with Gasteiger partial charge in [-0.15, -0.1) is 0 Å². The Morgan fingerprint density at radius 2 is 2.11 bits per heavy atom. The molecule has 0 bridgehead atoms. The molecule has 0 saturated heterocycles. The molecule has 0 saturated carbocycles. The molecule has 2 unspecified atom stereocenters. The summed E-state index contributed by atoms with van der Waals surface area (Å²) in [4.78, 5) is 0. The molecule has 4 nitrogen and oxygen atoms in total. The van der Waals surface area contributed by atoms with Gasteiger partial charge in [0.1, 0.15) is 12.4 Å². The van der Waals surface area contributed by atoms with E-state index in [9.17, 15) is 5.11 Å². The number of hydrogen-bond acceptors (Lipinski definition) is 5. The van der Waals surface area contributed by atoms with Gasteiger partial charge in [-0.3, -0.25) is 0 Å². The van der Waals surface area contributed by atoms with Gasteiger partial charge >= 0.3 is 0 Å². The molecule has 1 aromatic carbocycles. The van der Waals surface area contributed by atoms with Crippen molar-refractivity contribution in [3.8, 4) is 5.75 Å². The molecule has 0 heterocycles. The standard InChI is InChI=1S/C13H21NO3S/c1-10(6-7-15)18-9-11(16)8-17-13-5-3-2-4-12(13)14/h2-5,10-11,15-16H,6-9,14H2,1H3. The van der Waals surface area contributed by atoms with Crippen molar-refractivity contribution in [2.24, 2.45) is 0 Å². The second-order valence-corrected chi connectivity index (χ2v) is 5.63. The number of aliphatic hydroxyl groups is 2. The Morgan fingerprint density at radius 1 is 1.39 bits per heavy atom. The Bertz CT molecular complexity index is 349. The van der Waals surface area contributed by atoms with Gasteiger partial charge in [0, 0.05) is 17.6 Å². The van der Waals surface area contributed by atoms with E-state index >= 15 is 0 Å². The normalized spacial score (nSPS) is 14.2. The van der Waals surface area contributed by atoms with Gasteiger partial charge in [-0.2, -0.15) is 11.8 Å². The number of rotatable bonds is 8. The maximum Gasteiger partial charge on any atom is 0.142 e. The molecule has 4 N–H and O–H groups in total. The lowest BCUT2D eigenvalue weighted by Crippen LogP contribution is -2.21. The van der Waals surface area contributed by atoms with E-state index in [0.29, 0.717) is 22.4 Å². The molecule has 0 aliphatic carbocycles. The van der Waals surface area contributed by atoms with Crippen LogP contribution in [0, 0.1) is 0 Å². The number of para-hydroxylation sites is 2. The first-order chi connectivity index (χ1) is 8.63. The van der Waals surface area contributed by atoms with Crippen LogP contribution in [0.4, 0.5) is 5.69 Å². The Hall–Kier alpha value is -0.910. The zero-order valence-electron chi connectivity index (χ0n) is 10.6. The topological polar surface area (TPSA) is 75.7 Å². The molecule has 0 aromatic heterocycles. The number of nitrogen functional groups attached to an aromatic ring is 1. The number of hydrogen-bond donors (Lipinski definition) is 3. The highest BCUT2D eigenvalue weighted by atomic mass is 32.2. The minimum Gasteiger partial charge on any atom is -0.489 e. The SMILES string of the molecule is CC(CCO)SCC(O)COc1ccccc1N. The van der Waals surface area contributed by atoms with Crippen molar-refractivity contribution in [3.05, 3.63) is 24.3 Å². The van der Waals surface area contributed by atoms with Crippen LogP contribution < -0.4 is 10.5 Å². The van der Waals surface area contributed by atoms with Gasteiger partial charge in [0.15, 0.2) is 0 Å². The molecule has 0 radical (unpaired) electrons. The molecular weight excluding hydrogens is 250 g/mol. The van der Waals surface area contributed by atoms with Crippen LogP contribution in [0.25, 0.3) is 0 Å². The number of benzene rings is 1. The largest absolute Gasteiger partial charge is 0.489 e. The molecule has 0 amide bonds. The predicted molar refractivity (Wildman–Crippen MR) is 76.0 cm³/mol. The summed E-state index contributed by atoms with van der Waals surface area (Å²) >= 11 is 1.63. The van der Waals surface area contributed by atoms with E-state index < -0.39 is 6.10 Å². The van der Waals surface area contributed by atoms with Crippen molar-refractivity contribution in [1.29, 1.82) is 0 Å². The van der Waals surface area contributed by atoms with Crippen LogP contribution in [0.1, 0.15) is 13.3 Å². The molecule has 0 aliphatic heterocycles. The molecule has 5 heteroatoms. The van der Waals surface area contributed by atoms with Crippen molar-refractivity contribution in [1.82, 2.24) is 0 Å². The monoisotopic (exact) mass is 271 g/mol. The third-order valence-electron chi connectivity index (χ3n) is 2.46. The molecule has 2 atom stereocenters. The number of ether oxygens (including phenoxy) is 1. The third-order valence-corrected chi connectivity index (χ3v) is 3.84. The van der Waals surface area contributed by atoms with E-state index in [2.05, 4.69) is 0 Å². The average molecular weight is 271 g/mol. The highest BCUT2D eigenvalue weighted by Crippen LogP contribution is 2.20. The van der Waals surface area contributed by atoms with Crippen LogP contribution in [-0.4, -0.2) is 40.5 Å². The number of nitrogens with two attached hydrogens (primary N) is 1. The smallest absolute Gasteiger partial charge is 0.142 e. The summed E-state index contributed by atoms with van der Waals surface area (Å²) in [6.07, 6.45) is 0.208. The lowest BCUT2D eigenvalue weighted by atomic mass is 10.3. The average Bonchev–Trinajstić information content (AvgIpc) is 2.36. The predicted octanol–water partition coefficient (Wildman–Crippen LogP) is 1.51. The van der Waals surface area contributed by atoms with E-state index in [1.807, 2.05) is 19.1 Å². The molecule has 1 aromatic rings. The summed E-state index contributed by atoms with van der Waals surface area (Å²) < 4.78 is 5.45. The van der Waals surface area contributed by atoms with E-state index in [4.69, 9.17) is 15.6 Å². The first-order valence-corrected chi connectivity index (χ1v) is 7.06. The highest BCUT2D eigenvalue weighted by molar-refractivity contribution is 7.99. The van der Waals surface area contributed by atoms with Crippen LogP contribution in [0.5, 0.6) is 5.75 Å².